The van der Waals surface area contributed by atoms with Crippen LogP contribution in [0.25, 0.3) is 0 Å². The van der Waals surface area contributed by atoms with Crippen LogP contribution in [0.2, 0.25) is 0 Å². The van der Waals surface area contributed by atoms with Gasteiger partial charge in [-0.25, -0.2) is 0 Å². The molecule has 2 radical (unpaired) electrons. The summed E-state index contributed by atoms with van der Waals surface area (Å²) in [6.07, 6.45) is -1.95. The molecule has 50 valence electrons. The Labute approximate surface area is 50.6 Å². The lowest BCUT2D eigenvalue weighted by molar-refractivity contribution is -0.152. The third kappa shape index (κ3) is 1.37. The van der Waals surface area contributed by atoms with Gasteiger partial charge in [-0.3, -0.25) is 0 Å². The number of rotatable bonds is 0. The summed E-state index contributed by atoms with van der Waals surface area (Å²) in [5.41, 5.74) is 0. The molecular weight excluding hydrogens is 131 g/mol. The summed E-state index contributed by atoms with van der Waals surface area (Å²) in [4.78, 5) is 0. The fraction of sp³-hybridized carbons (Fsp3) is 0.400. The van der Waals surface area contributed by atoms with Crippen molar-refractivity contribution in [3.05, 3.63) is 18.8 Å². The minimum atomic E-state index is -4.18. The summed E-state index contributed by atoms with van der Waals surface area (Å²) in [7, 11) is 0. The summed E-state index contributed by atoms with van der Waals surface area (Å²) in [6, 6.07) is 0. The van der Waals surface area contributed by atoms with Crippen molar-refractivity contribution in [2.24, 2.45) is 5.92 Å². The zero-order valence-corrected chi connectivity index (χ0v) is 4.37. The van der Waals surface area contributed by atoms with Crippen LogP contribution >= 0.6 is 0 Å². The Bertz CT molecular complexity index is 127. The maximum atomic E-state index is 11.6. The smallest absolute Gasteiger partial charge is 0.380 e. The highest BCUT2D eigenvalue weighted by molar-refractivity contribution is 5.05. The Balaban J connectivity index is 2.53. The highest BCUT2D eigenvalue weighted by Gasteiger charge is 2.39. The molecule has 0 bridgehead atoms. The van der Waals surface area contributed by atoms with Crippen molar-refractivity contribution in [3.8, 4) is 0 Å². The molecule has 0 amide bonds. The number of halogens is 3. The molecule has 0 saturated carbocycles. The second-order valence-corrected chi connectivity index (χ2v) is 1.67. The Morgan fingerprint density at radius 3 is 2.33 bits per heavy atom. The maximum absolute atomic E-state index is 11.6. The first kappa shape index (κ1) is 6.45. The molecule has 1 unspecified atom stereocenters. The number of hydrogen-bond acceptors (Lipinski definition) is 1. The summed E-state index contributed by atoms with van der Waals surface area (Å²) in [5.74, 6) is -1.53. The third-order valence-electron chi connectivity index (χ3n) is 0.963. The average molecular weight is 135 g/mol. The average Bonchev–Trinajstić information content (AvgIpc) is 2.08. The molecule has 0 fully saturated rings. The molecule has 0 aromatic rings. The van der Waals surface area contributed by atoms with Crippen LogP contribution in [0.5, 0.6) is 0 Å². The Hall–Kier alpha value is -0.670. The zero-order valence-electron chi connectivity index (χ0n) is 4.37. The summed E-state index contributed by atoms with van der Waals surface area (Å²) < 4.78 is 34.8. The van der Waals surface area contributed by atoms with Crippen LogP contribution in [0.4, 0.5) is 13.2 Å². The monoisotopic (exact) mass is 135 g/mol. The van der Waals surface area contributed by atoms with Gasteiger partial charge in [0.2, 0.25) is 0 Å². The lowest BCUT2D eigenvalue weighted by Gasteiger charge is -2.09. The molecule has 1 N–H and O–H groups in total. The SMILES string of the molecule is FC(F)(F)C1[C]NC=C1. The van der Waals surface area contributed by atoms with E-state index in [1.807, 2.05) is 6.54 Å². The van der Waals surface area contributed by atoms with Gasteiger partial charge in [0.1, 0.15) is 12.5 Å². The predicted octanol–water partition coefficient (Wildman–Crippen LogP) is 1.32. The number of alkyl halides is 3. The first-order chi connectivity index (χ1) is 4.11. The second-order valence-electron chi connectivity index (χ2n) is 1.67. The lowest BCUT2D eigenvalue weighted by Crippen LogP contribution is -2.21. The van der Waals surface area contributed by atoms with Crippen LogP contribution in [-0.2, 0) is 0 Å². The first-order valence-corrected chi connectivity index (χ1v) is 2.35. The molecular formula is C5H4F3N. The van der Waals surface area contributed by atoms with E-state index in [0.717, 1.165) is 6.08 Å². The fourth-order valence-corrected chi connectivity index (χ4v) is 0.521. The lowest BCUT2D eigenvalue weighted by atomic mass is 10.2. The molecule has 1 rings (SSSR count). The van der Waals surface area contributed by atoms with Gasteiger partial charge >= 0.3 is 6.18 Å². The normalized spacial score (nSPS) is 26.3. The minimum absolute atomic E-state index is 1.01. The molecule has 1 heterocycles. The summed E-state index contributed by atoms with van der Waals surface area (Å²) >= 11 is 0. The van der Waals surface area contributed by atoms with Crippen LogP contribution in [-0.4, -0.2) is 6.18 Å². The Kier molecular flexibility index (Phi) is 1.38. The van der Waals surface area contributed by atoms with Crippen LogP contribution < -0.4 is 5.32 Å². The molecule has 0 aromatic carbocycles. The topological polar surface area (TPSA) is 12.0 Å². The molecule has 0 aromatic heterocycles. The number of nitrogens with one attached hydrogen (secondary N) is 1. The van der Waals surface area contributed by atoms with Crippen molar-refractivity contribution in [2.45, 2.75) is 6.18 Å². The van der Waals surface area contributed by atoms with Crippen LogP contribution in [0.15, 0.2) is 12.3 Å². The molecule has 0 saturated heterocycles. The molecule has 9 heavy (non-hydrogen) atoms. The van der Waals surface area contributed by atoms with Gasteiger partial charge < -0.3 is 5.32 Å². The van der Waals surface area contributed by atoms with Crippen LogP contribution in [0, 0.1) is 12.5 Å². The van der Waals surface area contributed by atoms with Crippen molar-refractivity contribution >= 4 is 0 Å². The van der Waals surface area contributed by atoms with Crippen molar-refractivity contribution in [1.29, 1.82) is 0 Å². The summed E-state index contributed by atoms with van der Waals surface area (Å²) in [5, 5.41) is 2.23. The van der Waals surface area contributed by atoms with E-state index >= 15 is 0 Å². The van der Waals surface area contributed by atoms with Crippen molar-refractivity contribution in [2.75, 3.05) is 0 Å². The van der Waals surface area contributed by atoms with Crippen molar-refractivity contribution in [3.63, 3.8) is 0 Å². The van der Waals surface area contributed by atoms with E-state index in [1.54, 1.807) is 0 Å². The van der Waals surface area contributed by atoms with Gasteiger partial charge in [-0.05, 0) is 6.20 Å². The van der Waals surface area contributed by atoms with Gasteiger partial charge in [0, 0.05) is 0 Å². The van der Waals surface area contributed by atoms with Crippen LogP contribution in [0.3, 0.4) is 0 Å². The molecule has 1 nitrogen and oxygen atoms in total. The quantitative estimate of drug-likeness (QED) is 0.528. The second kappa shape index (κ2) is 1.93. The van der Waals surface area contributed by atoms with E-state index < -0.39 is 12.1 Å². The minimum Gasteiger partial charge on any atom is -0.380 e. The molecule has 1 atom stereocenters. The van der Waals surface area contributed by atoms with Gasteiger partial charge in [0.25, 0.3) is 0 Å². The van der Waals surface area contributed by atoms with E-state index in [4.69, 9.17) is 0 Å². The zero-order chi connectivity index (χ0) is 6.91. The van der Waals surface area contributed by atoms with Gasteiger partial charge in [-0.15, -0.1) is 0 Å². The predicted molar refractivity (Wildman–Crippen MR) is 25.1 cm³/mol. The first-order valence-electron chi connectivity index (χ1n) is 2.35. The van der Waals surface area contributed by atoms with Crippen LogP contribution in [0.1, 0.15) is 0 Å². The maximum Gasteiger partial charge on any atom is 0.397 e. The highest BCUT2D eigenvalue weighted by atomic mass is 19.4. The van der Waals surface area contributed by atoms with Gasteiger partial charge in [-0.2, -0.15) is 13.2 Å². The molecule has 0 spiro atoms. The largest absolute Gasteiger partial charge is 0.397 e. The van der Waals surface area contributed by atoms with Crippen molar-refractivity contribution in [1.82, 2.24) is 5.32 Å². The Morgan fingerprint density at radius 2 is 2.11 bits per heavy atom. The molecule has 0 aliphatic carbocycles. The van der Waals surface area contributed by atoms with Gasteiger partial charge in [-0.1, -0.05) is 6.08 Å². The summed E-state index contributed by atoms with van der Waals surface area (Å²) in [6.45, 7) is 2.01. The fourth-order valence-electron chi connectivity index (χ4n) is 0.521. The molecule has 1 aliphatic rings. The Morgan fingerprint density at radius 1 is 1.44 bits per heavy atom. The third-order valence-corrected chi connectivity index (χ3v) is 0.963. The van der Waals surface area contributed by atoms with Gasteiger partial charge in [0.15, 0.2) is 0 Å². The number of hydrogen-bond donors (Lipinski definition) is 1. The standard InChI is InChI=1S/C5H4F3N/c6-5(7,8)4-1-2-9-3-4/h1-2,4,9H. The van der Waals surface area contributed by atoms with Gasteiger partial charge in [0.05, 0.1) is 0 Å². The molecule has 4 heteroatoms. The van der Waals surface area contributed by atoms with Crippen molar-refractivity contribution < 1.29 is 13.2 Å². The van der Waals surface area contributed by atoms with E-state index in [2.05, 4.69) is 5.32 Å². The van der Waals surface area contributed by atoms with E-state index in [0.29, 0.717) is 0 Å². The van der Waals surface area contributed by atoms with E-state index in [-0.39, 0.29) is 0 Å². The highest BCUT2D eigenvalue weighted by Crippen LogP contribution is 2.30. The molecule has 1 aliphatic heterocycles. The van der Waals surface area contributed by atoms with E-state index in [9.17, 15) is 13.2 Å². The van der Waals surface area contributed by atoms with E-state index in [1.165, 1.54) is 6.20 Å².